The molecule has 0 radical (unpaired) electrons. The van der Waals surface area contributed by atoms with Gasteiger partial charge in [-0.05, 0) is 59.1 Å². The highest BCUT2D eigenvalue weighted by atomic mass is 79.9. The number of carbonyl (C=O) groups excluding carboxylic acids is 1. The van der Waals surface area contributed by atoms with E-state index in [2.05, 4.69) is 42.8 Å². The highest BCUT2D eigenvalue weighted by Gasteiger charge is 2.44. The third kappa shape index (κ3) is 3.03. The van der Waals surface area contributed by atoms with Crippen LogP contribution in [0, 0.1) is 0 Å². The summed E-state index contributed by atoms with van der Waals surface area (Å²) in [5.74, 6) is 1.82. The smallest absolute Gasteiger partial charge is 0.230 e. The summed E-state index contributed by atoms with van der Waals surface area (Å²) in [6.07, 6.45) is 1.03. The molecule has 0 spiro atoms. The van der Waals surface area contributed by atoms with E-state index in [1.165, 1.54) is 12.5 Å². The Morgan fingerprint density at radius 3 is 2.90 bits per heavy atom. The molecule has 7 heteroatoms. The van der Waals surface area contributed by atoms with Gasteiger partial charge in [0.15, 0.2) is 5.82 Å². The summed E-state index contributed by atoms with van der Waals surface area (Å²) in [6.45, 7) is 5.21. The summed E-state index contributed by atoms with van der Waals surface area (Å²) in [4.78, 5) is 15.7. The lowest BCUT2D eigenvalue weighted by molar-refractivity contribution is -0.120. The zero-order valence-corrected chi connectivity index (χ0v) is 14.4. The molecule has 112 valence electrons. The van der Waals surface area contributed by atoms with Crippen molar-refractivity contribution in [2.24, 2.45) is 0 Å². The lowest BCUT2D eigenvalue weighted by Gasteiger charge is -2.20. The van der Waals surface area contributed by atoms with Crippen molar-refractivity contribution in [2.75, 3.05) is 0 Å². The first-order chi connectivity index (χ1) is 9.87. The van der Waals surface area contributed by atoms with Crippen LogP contribution in [0.15, 0.2) is 19.8 Å². The molecular formula is C14H16BrN3O2S. The van der Waals surface area contributed by atoms with Crippen molar-refractivity contribution < 1.29 is 9.32 Å². The molecular weight excluding hydrogens is 354 g/mol. The number of hydrogen-bond acceptors (Lipinski definition) is 5. The Hall–Kier alpha value is -1.21. The molecule has 0 aliphatic heterocycles. The molecule has 2 atom stereocenters. The number of aromatic nitrogens is 2. The second-order valence-corrected chi connectivity index (χ2v) is 8.19. The van der Waals surface area contributed by atoms with Crippen molar-refractivity contribution in [2.45, 2.75) is 44.6 Å². The first kappa shape index (κ1) is 14.7. The van der Waals surface area contributed by atoms with E-state index in [1.54, 1.807) is 11.3 Å². The van der Waals surface area contributed by atoms with Crippen LogP contribution in [-0.2, 0) is 10.3 Å². The Labute approximate surface area is 135 Å². The molecule has 0 bridgehead atoms. The maximum atomic E-state index is 11.2. The number of hydrogen-bond donors (Lipinski definition) is 1. The number of carbonyl (C=O) groups is 1. The summed E-state index contributed by atoms with van der Waals surface area (Å²) < 4.78 is 6.53. The van der Waals surface area contributed by atoms with E-state index in [0.29, 0.717) is 23.6 Å². The molecule has 1 amide bonds. The van der Waals surface area contributed by atoms with Crippen LogP contribution in [-0.4, -0.2) is 16.0 Å². The average Bonchev–Trinajstić information content (AvgIpc) is 2.83. The third-order valence-electron chi connectivity index (χ3n) is 3.61. The first-order valence-corrected chi connectivity index (χ1v) is 8.41. The molecule has 3 rings (SSSR count). The van der Waals surface area contributed by atoms with Gasteiger partial charge >= 0.3 is 0 Å². The summed E-state index contributed by atoms with van der Waals surface area (Å²) in [6, 6.07) is 2.15. The van der Waals surface area contributed by atoms with Crippen molar-refractivity contribution in [3.63, 3.8) is 0 Å². The normalized spacial score (nSPS) is 21.3. The van der Waals surface area contributed by atoms with Crippen LogP contribution in [0.3, 0.4) is 0 Å². The highest BCUT2D eigenvalue weighted by Crippen LogP contribution is 2.55. The summed E-state index contributed by atoms with van der Waals surface area (Å²) in [5, 5.41) is 9.01. The molecule has 21 heavy (non-hydrogen) atoms. The summed E-state index contributed by atoms with van der Waals surface area (Å²) in [7, 11) is 0. The standard InChI is InChI=1S/C14H16BrN3O2S/c1-7(19)17-14(2,3)13-16-12(20-18-13)10-5-9(10)8-4-11(15)21-6-8/h4,6,9-10H,5H2,1-3H3,(H,17,19)/t9-,10+/m0/s1. The van der Waals surface area contributed by atoms with Crippen molar-refractivity contribution in [3.05, 3.63) is 32.5 Å². The third-order valence-corrected chi connectivity index (χ3v) is 5.14. The Kier molecular flexibility index (Phi) is 3.65. The van der Waals surface area contributed by atoms with Gasteiger partial charge in [0, 0.05) is 12.8 Å². The zero-order valence-electron chi connectivity index (χ0n) is 12.0. The Bertz CT molecular complexity index is 679. The minimum absolute atomic E-state index is 0.112. The van der Waals surface area contributed by atoms with E-state index in [-0.39, 0.29) is 5.91 Å². The second kappa shape index (κ2) is 5.21. The molecule has 2 aromatic rings. The number of rotatable bonds is 4. The lowest BCUT2D eigenvalue weighted by Crippen LogP contribution is -2.40. The van der Waals surface area contributed by atoms with E-state index >= 15 is 0 Å². The van der Waals surface area contributed by atoms with Crippen LogP contribution in [0.25, 0.3) is 0 Å². The van der Waals surface area contributed by atoms with Crippen LogP contribution in [0.2, 0.25) is 0 Å². The van der Waals surface area contributed by atoms with Gasteiger partial charge in [0.25, 0.3) is 0 Å². The molecule has 1 saturated carbocycles. The highest BCUT2D eigenvalue weighted by molar-refractivity contribution is 9.11. The van der Waals surface area contributed by atoms with Gasteiger partial charge in [0.05, 0.1) is 9.33 Å². The minimum atomic E-state index is -0.622. The topological polar surface area (TPSA) is 68.0 Å². The average molecular weight is 370 g/mol. The van der Waals surface area contributed by atoms with Gasteiger partial charge in [-0.2, -0.15) is 4.98 Å². The molecule has 2 heterocycles. The van der Waals surface area contributed by atoms with Crippen molar-refractivity contribution in [1.82, 2.24) is 15.5 Å². The number of nitrogens with one attached hydrogen (secondary N) is 1. The van der Waals surface area contributed by atoms with Crippen LogP contribution < -0.4 is 5.32 Å². The lowest BCUT2D eigenvalue weighted by atomic mass is 10.1. The number of amides is 1. The molecule has 1 aliphatic rings. The fourth-order valence-corrected chi connectivity index (χ4v) is 3.73. The van der Waals surface area contributed by atoms with Crippen LogP contribution in [0.5, 0.6) is 0 Å². The van der Waals surface area contributed by atoms with E-state index in [9.17, 15) is 4.79 Å². The molecule has 1 N–H and O–H groups in total. The number of thiophene rings is 1. The number of halogens is 1. The van der Waals surface area contributed by atoms with Gasteiger partial charge in [-0.3, -0.25) is 4.79 Å². The van der Waals surface area contributed by atoms with E-state index in [4.69, 9.17) is 4.52 Å². The van der Waals surface area contributed by atoms with Crippen LogP contribution in [0.4, 0.5) is 0 Å². The molecule has 1 fully saturated rings. The first-order valence-electron chi connectivity index (χ1n) is 6.73. The zero-order chi connectivity index (χ0) is 15.2. The predicted molar refractivity (Wildman–Crippen MR) is 83.3 cm³/mol. The molecule has 0 saturated heterocycles. The Morgan fingerprint density at radius 2 is 2.29 bits per heavy atom. The quantitative estimate of drug-likeness (QED) is 0.894. The summed E-state index contributed by atoms with van der Waals surface area (Å²) in [5.41, 5.74) is 0.696. The maximum absolute atomic E-state index is 11.2. The van der Waals surface area contributed by atoms with E-state index in [1.807, 2.05) is 13.8 Å². The van der Waals surface area contributed by atoms with Gasteiger partial charge in [-0.1, -0.05) is 5.16 Å². The fourth-order valence-electron chi connectivity index (χ4n) is 2.49. The second-order valence-electron chi connectivity index (χ2n) is 5.90. The monoisotopic (exact) mass is 369 g/mol. The van der Waals surface area contributed by atoms with Crippen molar-refractivity contribution in [3.8, 4) is 0 Å². The molecule has 0 aromatic carbocycles. The van der Waals surface area contributed by atoms with Crippen LogP contribution in [0.1, 0.15) is 56.3 Å². The van der Waals surface area contributed by atoms with E-state index < -0.39 is 5.54 Å². The maximum Gasteiger partial charge on any atom is 0.230 e. The number of nitrogens with zero attached hydrogens (tertiary/aromatic N) is 2. The molecule has 1 aliphatic carbocycles. The van der Waals surface area contributed by atoms with Crippen molar-refractivity contribution >= 4 is 33.2 Å². The van der Waals surface area contributed by atoms with Crippen molar-refractivity contribution in [1.29, 1.82) is 0 Å². The Morgan fingerprint density at radius 1 is 1.52 bits per heavy atom. The minimum Gasteiger partial charge on any atom is -0.344 e. The van der Waals surface area contributed by atoms with E-state index in [0.717, 1.165) is 10.2 Å². The summed E-state index contributed by atoms with van der Waals surface area (Å²) >= 11 is 5.17. The van der Waals surface area contributed by atoms with Crippen LogP contribution >= 0.6 is 27.3 Å². The van der Waals surface area contributed by atoms with Gasteiger partial charge in [0.1, 0.15) is 0 Å². The predicted octanol–water partition coefficient (Wildman–Crippen LogP) is 3.54. The van der Waals surface area contributed by atoms with Gasteiger partial charge in [-0.25, -0.2) is 0 Å². The molecule has 0 unspecified atom stereocenters. The van der Waals surface area contributed by atoms with Gasteiger partial charge < -0.3 is 9.84 Å². The fraction of sp³-hybridized carbons (Fsp3) is 0.500. The van der Waals surface area contributed by atoms with Gasteiger partial charge in [0.2, 0.25) is 11.8 Å². The van der Waals surface area contributed by atoms with Gasteiger partial charge in [-0.15, -0.1) is 11.3 Å². The largest absolute Gasteiger partial charge is 0.344 e. The SMILES string of the molecule is CC(=O)NC(C)(C)c1noc([C@@H]2C[C@H]2c2csc(Br)c2)n1. The Balaban J connectivity index is 1.73. The molecule has 2 aromatic heterocycles. The molecule has 5 nitrogen and oxygen atoms in total.